The van der Waals surface area contributed by atoms with E-state index in [2.05, 4.69) is 4.98 Å². The van der Waals surface area contributed by atoms with Crippen LogP contribution in [0.4, 0.5) is 0 Å². The van der Waals surface area contributed by atoms with Gasteiger partial charge >= 0.3 is 0 Å². The van der Waals surface area contributed by atoms with Gasteiger partial charge in [0.2, 0.25) is 5.89 Å². The average molecular weight is 418 g/mol. The molecule has 0 bridgehead atoms. The lowest BCUT2D eigenvalue weighted by atomic mass is 10.0. The second-order valence-electron chi connectivity index (χ2n) is 6.77. The van der Waals surface area contributed by atoms with Crippen LogP contribution in [0.1, 0.15) is 35.2 Å². The van der Waals surface area contributed by atoms with Crippen LogP contribution in [0.5, 0.6) is 5.75 Å². The lowest BCUT2D eigenvalue weighted by molar-refractivity contribution is 0.105. The number of carbonyl (C=O) groups excluding carboxylic acids is 1. The van der Waals surface area contributed by atoms with Gasteiger partial charge in [-0.3, -0.25) is 4.79 Å². The Morgan fingerprint density at radius 1 is 1.03 bits per heavy atom. The smallest absolute Gasteiger partial charge is 0.231 e. The first-order chi connectivity index (χ1) is 14.7. The number of halogens is 1. The molecular weight excluding hydrogens is 398 g/mol. The predicted octanol–water partition coefficient (Wildman–Crippen LogP) is 6.69. The number of hydrogen-bond acceptors (Lipinski definition) is 4. The molecule has 0 saturated heterocycles. The van der Waals surface area contributed by atoms with Gasteiger partial charge in [0.25, 0.3) is 0 Å². The fourth-order valence-electron chi connectivity index (χ4n) is 3.04. The lowest BCUT2D eigenvalue weighted by Gasteiger charge is -2.07. The number of ketones is 1. The minimum atomic E-state index is -0.205. The molecule has 0 aliphatic rings. The van der Waals surface area contributed by atoms with E-state index in [0.29, 0.717) is 39.4 Å². The Morgan fingerprint density at radius 3 is 2.50 bits per heavy atom. The van der Waals surface area contributed by atoms with E-state index in [-0.39, 0.29) is 11.7 Å². The number of allylic oxidation sites excluding steroid dienone is 1. The molecule has 0 atom stereocenters. The summed E-state index contributed by atoms with van der Waals surface area (Å²) in [5.41, 5.74) is 2.87. The van der Waals surface area contributed by atoms with Gasteiger partial charge < -0.3 is 9.15 Å². The maximum absolute atomic E-state index is 13.4. The fourth-order valence-corrected chi connectivity index (χ4v) is 3.23. The summed E-state index contributed by atoms with van der Waals surface area (Å²) in [6.45, 7) is 2.68. The van der Waals surface area contributed by atoms with E-state index < -0.39 is 0 Å². The van der Waals surface area contributed by atoms with Gasteiger partial charge in [0.1, 0.15) is 11.3 Å². The highest BCUT2D eigenvalue weighted by molar-refractivity contribution is 6.35. The zero-order valence-electron chi connectivity index (χ0n) is 16.5. The summed E-state index contributed by atoms with van der Waals surface area (Å²) >= 11 is 6.33. The minimum absolute atomic E-state index is 0.205. The summed E-state index contributed by atoms with van der Waals surface area (Å²) in [6.07, 6.45) is 2.64. The molecule has 0 aliphatic carbocycles. The van der Waals surface area contributed by atoms with Crippen molar-refractivity contribution in [2.75, 3.05) is 6.61 Å². The molecule has 0 amide bonds. The van der Waals surface area contributed by atoms with Crippen molar-refractivity contribution in [1.29, 1.82) is 0 Å². The Bertz CT molecular complexity index is 1180. The van der Waals surface area contributed by atoms with Crippen LogP contribution in [0, 0.1) is 0 Å². The number of benzene rings is 3. The van der Waals surface area contributed by atoms with Crippen molar-refractivity contribution in [1.82, 2.24) is 4.98 Å². The highest BCUT2D eigenvalue weighted by Gasteiger charge is 2.20. The molecule has 1 heterocycles. The number of Topliss-reactive ketones (excluding diaryl/α,β-unsaturated/α-hetero) is 1. The van der Waals surface area contributed by atoms with Crippen molar-refractivity contribution in [2.24, 2.45) is 0 Å². The predicted molar refractivity (Wildman–Crippen MR) is 120 cm³/mol. The Kier molecular flexibility index (Phi) is 5.96. The van der Waals surface area contributed by atoms with Gasteiger partial charge in [-0.2, -0.15) is 0 Å². The third kappa shape index (κ3) is 4.29. The van der Waals surface area contributed by atoms with Gasteiger partial charge in [-0.15, -0.1) is 0 Å². The SMILES string of the molecule is CCCOc1ccc(C(=O)C(=Cc2ccccc2Cl)c2nc3ccccc3o2)cc1. The first-order valence-corrected chi connectivity index (χ1v) is 10.1. The summed E-state index contributed by atoms with van der Waals surface area (Å²) in [4.78, 5) is 17.9. The summed E-state index contributed by atoms with van der Waals surface area (Å²) < 4.78 is 11.5. The molecular formula is C25H20ClNO3. The molecule has 3 aromatic carbocycles. The van der Waals surface area contributed by atoms with Crippen LogP contribution in [0.25, 0.3) is 22.7 Å². The summed E-state index contributed by atoms with van der Waals surface area (Å²) in [5.74, 6) is 0.780. The van der Waals surface area contributed by atoms with Crippen LogP contribution < -0.4 is 4.74 Å². The Morgan fingerprint density at radius 2 is 1.77 bits per heavy atom. The quantitative estimate of drug-likeness (QED) is 0.248. The number of hydrogen-bond donors (Lipinski definition) is 0. The molecule has 4 aromatic rings. The number of oxazole rings is 1. The van der Waals surface area contributed by atoms with Crippen LogP contribution in [0.15, 0.2) is 77.2 Å². The summed E-state index contributed by atoms with van der Waals surface area (Å²) in [5, 5.41) is 0.544. The van der Waals surface area contributed by atoms with Gasteiger partial charge in [-0.05, 0) is 60.5 Å². The lowest BCUT2D eigenvalue weighted by Crippen LogP contribution is -2.04. The maximum Gasteiger partial charge on any atom is 0.231 e. The van der Waals surface area contributed by atoms with Crippen LogP contribution in [-0.2, 0) is 0 Å². The highest BCUT2D eigenvalue weighted by atomic mass is 35.5. The molecule has 150 valence electrons. The number of nitrogens with zero attached hydrogens (tertiary/aromatic N) is 1. The monoisotopic (exact) mass is 417 g/mol. The minimum Gasteiger partial charge on any atom is -0.494 e. The standard InChI is InChI=1S/C25H20ClNO3/c1-2-15-29-19-13-11-17(12-14-19)24(28)20(16-18-7-3-4-8-21(18)26)25-27-22-9-5-6-10-23(22)30-25/h3-14,16H,2,15H2,1H3. The Labute approximate surface area is 179 Å². The number of para-hydroxylation sites is 2. The maximum atomic E-state index is 13.4. The van der Waals surface area contributed by atoms with E-state index in [1.54, 1.807) is 36.4 Å². The molecule has 0 spiro atoms. The molecule has 1 aromatic heterocycles. The molecule has 0 aliphatic heterocycles. The normalized spacial score (nSPS) is 11.6. The molecule has 5 heteroatoms. The number of rotatable bonds is 7. The van der Waals surface area contributed by atoms with Crippen molar-refractivity contribution in [3.05, 3.63) is 94.8 Å². The van der Waals surface area contributed by atoms with Gasteiger partial charge in [0.05, 0.1) is 12.2 Å². The van der Waals surface area contributed by atoms with Crippen molar-refractivity contribution < 1.29 is 13.9 Å². The third-order valence-corrected chi connectivity index (χ3v) is 4.91. The van der Waals surface area contributed by atoms with Crippen LogP contribution >= 0.6 is 11.6 Å². The van der Waals surface area contributed by atoms with Gasteiger partial charge in [-0.1, -0.05) is 48.9 Å². The number of ether oxygens (including phenoxy) is 1. The summed E-state index contributed by atoms with van der Waals surface area (Å²) in [7, 11) is 0. The second kappa shape index (κ2) is 8.97. The molecule has 0 fully saturated rings. The van der Waals surface area contributed by atoms with Crippen molar-refractivity contribution in [2.45, 2.75) is 13.3 Å². The van der Waals surface area contributed by atoms with E-state index in [1.807, 2.05) is 49.4 Å². The van der Waals surface area contributed by atoms with Crippen LogP contribution in [-0.4, -0.2) is 17.4 Å². The van der Waals surface area contributed by atoms with Crippen LogP contribution in [0.3, 0.4) is 0 Å². The molecule has 30 heavy (non-hydrogen) atoms. The van der Waals surface area contributed by atoms with Crippen molar-refractivity contribution in [3.8, 4) is 5.75 Å². The zero-order valence-corrected chi connectivity index (χ0v) is 17.2. The second-order valence-corrected chi connectivity index (χ2v) is 7.18. The van der Waals surface area contributed by atoms with E-state index in [0.717, 1.165) is 12.2 Å². The number of aromatic nitrogens is 1. The molecule has 0 unspecified atom stereocenters. The molecule has 4 rings (SSSR count). The van der Waals surface area contributed by atoms with E-state index in [9.17, 15) is 4.79 Å². The zero-order chi connectivity index (χ0) is 20.9. The molecule has 4 nitrogen and oxygen atoms in total. The Balaban J connectivity index is 1.77. The van der Waals surface area contributed by atoms with E-state index in [4.69, 9.17) is 20.8 Å². The fraction of sp³-hybridized carbons (Fsp3) is 0.120. The van der Waals surface area contributed by atoms with Gasteiger partial charge in [0, 0.05) is 10.6 Å². The van der Waals surface area contributed by atoms with Crippen LogP contribution in [0.2, 0.25) is 5.02 Å². The first-order valence-electron chi connectivity index (χ1n) is 9.75. The van der Waals surface area contributed by atoms with E-state index >= 15 is 0 Å². The number of fused-ring (bicyclic) bond motifs is 1. The van der Waals surface area contributed by atoms with E-state index in [1.165, 1.54) is 0 Å². The summed E-state index contributed by atoms with van der Waals surface area (Å²) in [6, 6.07) is 21.8. The first kappa shape index (κ1) is 19.9. The molecule has 0 N–H and O–H groups in total. The molecule has 0 radical (unpaired) electrons. The van der Waals surface area contributed by atoms with Crippen molar-refractivity contribution in [3.63, 3.8) is 0 Å². The van der Waals surface area contributed by atoms with Crippen molar-refractivity contribution >= 4 is 40.1 Å². The van der Waals surface area contributed by atoms with Gasteiger partial charge in [0.15, 0.2) is 11.4 Å². The number of carbonyl (C=O) groups is 1. The highest BCUT2D eigenvalue weighted by Crippen LogP contribution is 2.28. The molecule has 0 saturated carbocycles. The largest absolute Gasteiger partial charge is 0.494 e. The Hall–Kier alpha value is -3.37. The topological polar surface area (TPSA) is 52.3 Å². The average Bonchev–Trinajstić information content (AvgIpc) is 3.21. The third-order valence-electron chi connectivity index (χ3n) is 4.56. The van der Waals surface area contributed by atoms with Gasteiger partial charge in [-0.25, -0.2) is 4.98 Å².